The highest BCUT2D eigenvalue weighted by molar-refractivity contribution is 4.87. The van der Waals surface area contributed by atoms with Gasteiger partial charge in [-0.1, -0.05) is 12.8 Å². The molecule has 0 aromatic carbocycles. The van der Waals surface area contributed by atoms with Gasteiger partial charge in [0.25, 0.3) is 0 Å². The highest BCUT2D eigenvalue weighted by atomic mass is 16.6. The second-order valence-electron chi connectivity index (χ2n) is 3.64. The first-order valence-corrected chi connectivity index (χ1v) is 4.63. The second-order valence-corrected chi connectivity index (χ2v) is 3.64. The van der Waals surface area contributed by atoms with Crippen LogP contribution in [0.4, 0.5) is 0 Å². The van der Waals surface area contributed by atoms with Gasteiger partial charge in [0, 0.05) is 13.0 Å². The average molecular weight is 156 g/mol. The van der Waals surface area contributed by atoms with Crippen molar-refractivity contribution in [2.45, 2.75) is 37.7 Å². The number of hydrogen-bond donors (Lipinski definition) is 0. The van der Waals surface area contributed by atoms with E-state index in [-0.39, 0.29) is 5.60 Å². The Hall–Kier alpha value is -0.0800. The fraction of sp³-hybridized carbons (Fsp3) is 1.00. The van der Waals surface area contributed by atoms with E-state index in [0.29, 0.717) is 0 Å². The minimum absolute atomic E-state index is 0.153. The normalized spacial score (nSPS) is 39.3. The van der Waals surface area contributed by atoms with Crippen molar-refractivity contribution in [2.24, 2.45) is 0 Å². The van der Waals surface area contributed by atoms with Crippen LogP contribution in [0, 0.1) is 0 Å². The molecule has 0 amide bonds. The first-order valence-electron chi connectivity index (χ1n) is 4.63. The summed E-state index contributed by atoms with van der Waals surface area (Å²) in [6, 6.07) is 0. The first-order chi connectivity index (χ1) is 5.41. The van der Waals surface area contributed by atoms with Gasteiger partial charge in [0.15, 0.2) is 0 Å². The molecule has 0 N–H and O–H groups in total. The third-order valence-corrected chi connectivity index (χ3v) is 2.75. The molecule has 0 aliphatic carbocycles. The van der Waals surface area contributed by atoms with E-state index in [4.69, 9.17) is 9.47 Å². The molecule has 1 spiro atoms. The van der Waals surface area contributed by atoms with E-state index in [0.717, 1.165) is 19.8 Å². The van der Waals surface area contributed by atoms with Gasteiger partial charge in [-0.25, -0.2) is 0 Å². The van der Waals surface area contributed by atoms with E-state index in [1.54, 1.807) is 0 Å². The lowest BCUT2D eigenvalue weighted by atomic mass is 9.89. The Bertz CT molecular complexity index is 120. The average Bonchev–Trinajstić information content (AvgIpc) is 1.82. The summed E-state index contributed by atoms with van der Waals surface area (Å²) in [6.07, 6.45) is 6.30. The molecule has 2 rings (SSSR count). The quantitative estimate of drug-likeness (QED) is 0.532. The number of rotatable bonds is 0. The summed E-state index contributed by atoms with van der Waals surface area (Å²) in [5, 5.41) is 0. The van der Waals surface area contributed by atoms with Gasteiger partial charge in [-0.3, -0.25) is 0 Å². The molecule has 2 heteroatoms. The molecule has 1 unspecified atom stereocenters. The van der Waals surface area contributed by atoms with Crippen LogP contribution in [-0.4, -0.2) is 25.4 Å². The molecule has 64 valence electrons. The fourth-order valence-corrected chi connectivity index (χ4v) is 1.86. The van der Waals surface area contributed by atoms with Crippen molar-refractivity contribution in [3.63, 3.8) is 0 Å². The summed E-state index contributed by atoms with van der Waals surface area (Å²) in [7, 11) is 0. The van der Waals surface area contributed by atoms with Crippen LogP contribution in [0.1, 0.15) is 32.1 Å². The smallest absolute Gasteiger partial charge is 0.0936 e. The van der Waals surface area contributed by atoms with Crippen molar-refractivity contribution in [3.8, 4) is 0 Å². The maximum absolute atomic E-state index is 5.57. The second kappa shape index (κ2) is 3.11. The van der Waals surface area contributed by atoms with Crippen molar-refractivity contribution in [1.82, 2.24) is 0 Å². The summed E-state index contributed by atoms with van der Waals surface area (Å²) in [6.45, 7) is 2.72. The number of ether oxygens (including phenoxy) is 2. The van der Waals surface area contributed by atoms with Crippen LogP contribution >= 0.6 is 0 Å². The molecule has 0 saturated carbocycles. The molecule has 0 bridgehead atoms. The van der Waals surface area contributed by atoms with Crippen LogP contribution in [0.2, 0.25) is 0 Å². The zero-order chi connectivity index (χ0) is 7.57. The van der Waals surface area contributed by atoms with Gasteiger partial charge >= 0.3 is 0 Å². The molecule has 2 nitrogen and oxygen atoms in total. The van der Waals surface area contributed by atoms with Crippen molar-refractivity contribution in [1.29, 1.82) is 0 Å². The Morgan fingerprint density at radius 1 is 0.909 bits per heavy atom. The summed E-state index contributed by atoms with van der Waals surface area (Å²) in [5.74, 6) is 0. The molecule has 2 aliphatic heterocycles. The summed E-state index contributed by atoms with van der Waals surface area (Å²) < 4.78 is 11.1. The van der Waals surface area contributed by atoms with Crippen molar-refractivity contribution in [2.75, 3.05) is 19.8 Å². The lowest BCUT2D eigenvalue weighted by molar-refractivity contribution is -0.188. The minimum Gasteiger partial charge on any atom is -0.378 e. The lowest BCUT2D eigenvalue weighted by Gasteiger charge is -2.42. The van der Waals surface area contributed by atoms with Gasteiger partial charge < -0.3 is 9.47 Å². The predicted molar refractivity (Wildman–Crippen MR) is 42.6 cm³/mol. The molecular formula is C9H16O2. The topological polar surface area (TPSA) is 18.5 Å². The molecule has 2 aliphatic rings. The Kier molecular flexibility index (Phi) is 2.14. The Morgan fingerprint density at radius 3 is 2.55 bits per heavy atom. The molecular weight excluding hydrogens is 140 g/mol. The van der Waals surface area contributed by atoms with Gasteiger partial charge in [0.1, 0.15) is 0 Å². The van der Waals surface area contributed by atoms with Gasteiger partial charge in [-0.2, -0.15) is 0 Å². The largest absolute Gasteiger partial charge is 0.378 e. The summed E-state index contributed by atoms with van der Waals surface area (Å²) in [4.78, 5) is 0. The maximum Gasteiger partial charge on any atom is 0.0936 e. The van der Waals surface area contributed by atoms with Crippen LogP contribution in [0.3, 0.4) is 0 Å². The molecule has 2 heterocycles. The third kappa shape index (κ3) is 1.57. The molecule has 2 saturated heterocycles. The molecule has 11 heavy (non-hydrogen) atoms. The Labute approximate surface area is 67.9 Å². The van der Waals surface area contributed by atoms with Crippen molar-refractivity contribution < 1.29 is 9.47 Å². The predicted octanol–water partition coefficient (Wildman–Crippen LogP) is 1.74. The lowest BCUT2D eigenvalue weighted by Crippen LogP contribution is -2.48. The maximum atomic E-state index is 5.57. The van der Waals surface area contributed by atoms with Crippen LogP contribution in [0.15, 0.2) is 0 Å². The van der Waals surface area contributed by atoms with E-state index < -0.39 is 0 Å². The first kappa shape index (κ1) is 7.56. The highest BCUT2D eigenvalue weighted by Crippen LogP contribution is 2.33. The third-order valence-electron chi connectivity index (χ3n) is 2.75. The summed E-state index contributed by atoms with van der Waals surface area (Å²) in [5.41, 5.74) is 0.153. The van der Waals surface area contributed by atoms with Gasteiger partial charge in [0.2, 0.25) is 0 Å². The molecule has 0 aromatic heterocycles. The van der Waals surface area contributed by atoms with E-state index in [1.807, 2.05) is 0 Å². The van der Waals surface area contributed by atoms with Crippen LogP contribution in [0.25, 0.3) is 0 Å². The fourth-order valence-electron chi connectivity index (χ4n) is 1.86. The van der Waals surface area contributed by atoms with E-state index in [1.165, 1.54) is 32.1 Å². The zero-order valence-corrected chi connectivity index (χ0v) is 6.97. The SMILES string of the molecule is C1CCOCC2(CC1)CCO2. The number of hydrogen-bond acceptors (Lipinski definition) is 2. The minimum atomic E-state index is 0.153. The Balaban J connectivity index is 1.86. The summed E-state index contributed by atoms with van der Waals surface area (Å²) >= 11 is 0. The van der Waals surface area contributed by atoms with Gasteiger partial charge in [0.05, 0.1) is 18.8 Å². The van der Waals surface area contributed by atoms with Gasteiger partial charge in [-0.15, -0.1) is 0 Å². The van der Waals surface area contributed by atoms with E-state index >= 15 is 0 Å². The van der Waals surface area contributed by atoms with E-state index in [9.17, 15) is 0 Å². The van der Waals surface area contributed by atoms with Crippen LogP contribution in [0.5, 0.6) is 0 Å². The molecule has 0 aromatic rings. The van der Waals surface area contributed by atoms with Crippen LogP contribution in [-0.2, 0) is 9.47 Å². The molecule has 2 fully saturated rings. The molecule has 1 atom stereocenters. The van der Waals surface area contributed by atoms with Crippen molar-refractivity contribution in [3.05, 3.63) is 0 Å². The molecule has 0 radical (unpaired) electrons. The highest BCUT2D eigenvalue weighted by Gasteiger charge is 2.38. The standard InChI is InChI=1S/C9H16O2/c1-2-4-9(5-7-11-9)8-10-6-3-1/h1-8H2. The van der Waals surface area contributed by atoms with E-state index in [2.05, 4.69) is 0 Å². The van der Waals surface area contributed by atoms with Gasteiger partial charge in [-0.05, 0) is 12.8 Å². The van der Waals surface area contributed by atoms with Crippen molar-refractivity contribution >= 4 is 0 Å². The monoisotopic (exact) mass is 156 g/mol. The zero-order valence-electron chi connectivity index (χ0n) is 6.97. The van der Waals surface area contributed by atoms with Crippen LogP contribution < -0.4 is 0 Å². The Morgan fingerprint density at radius 2 is 1.82 bits per heavy atom.